The van der Waals surface area contributed by atoms with Crippen molar-refractivity contribution in [2.45, 2.75) is 6.92 Å². The first-order valence-corrected chi connectivity index (χ1v) is 3.98. The molecule has 3 N–H and O–H groups in total. The Morgan fingerprint density at radius 2 is 2.00 bits per heavy atom. The van der Waals surface area contributed by atoms with Crippen LogP contribution in [0.25, 0.3) is 5.57 Å². The number of hydrazine groups is 1. The molecule has 1 aromatic rings. The Labute approximate surface area is 77.2 Å². The molecule has 0 atom stereocenters. The van der Waals surface area contributed by atoms with Crippen molar-refractivity contribution in [3.63, 3.8) is 0 Å². The third-order valence-corrected chi connectivity index (χ3v) is 1.72. The highest BCUT2D eigenvalue weighted by atomic mass is 16.2. The summed E-state index contributed by atoms with van der Waals surface area (Å²) < 4.78 is 0. The van der Waals surface area contributed by atoms with E-state index >= 15 is 0 Å². The van der Waals surface area contributed by atoms with E-state index in [9.17, 15) is 4.79 Å². The number of rotatable bonds is 2. The Morgan fingerprint density at radius 3 is 2.54 bits per heavy atom. The van der Waals surface area contributed by atoms with Crippen LogP contribution in [0, 0.1) is 0 Å². The molecule has 13 heavy (non-hydrogen) atoms. The van der Waals surface area contributed by atoms with Crippen molar-refractivity contribution in [3.8, 4) is 0 Å². The minimum atomic E-state index is -0.290. The first-order valence-electron chi connectivity index (χ1n) is 3.98. The molecule has 0 saturated carbocycles. The molecular weight excluding hydrogens is 164 g/mol. The lowest BCUT2D eigenvalue weighted by atomic mass is 10.1. The van der Waals surface area contributed by atoms with Crippen LogP contribution in [0.2, 0.25) is 0 Å². The summed E-state index contributed by atoms with van der Waals surface area (Å²) >= 11 is 0. The van der Waals surface area contributed by atoms with Crippen LogP contribution in [0.5, 0.6) is 0 Å². The summed E-state index contributed by atoms with van der Waals surface area (Å²) in [7, 11) is 0. The van der Waals surface area contributed by atoms with Crippen LogP contribution in [-0.2, 0) is 4.79 Å². The van der Waals surface area contributed by atoms with E-state index in [2.05, 4.69) is 5.43 Å². The lowest BCUT2D eigenvalue weighted by molar-refractivity contribution is -0.116. The molecule has 0 aliphatic carbocycles. The normalized spacial score (nSPS) is 11.1. The number of hydrogen-bond donors (Lipinski definition) is 2. The topological polar surface area (TPSA) is 55.1 Å². The van der Waals surface area contributed by atoms with Gasteiger partial charge in [0.25, 0.3) is 5.91 Å². The molecule has 0 saturated heterocycles. The number of nitrogens with two attached hydrogens (primary N) is 1. The van der Waals surface area contributed by atoms with Crippen LogP contribution in [0.1, 0.15) is 12.5 Å². The van der Waals surface area contributed by atoms with Gasteiger partial charge in [0, 0.05) is 6.08 Å². The van der Waals surface area contributed by atoms with Gasteiger partial charge < -0.3 is 0 Å². The van der Waals surface area contributed by atoms with E-state index in [1.165, 1.54) is 6.08 Å². The van der Waals surface area contributed by atoms with Crippen molar-refractivity contribution >= 4 is 11.5 Å². The fourth-order valence-corrected chi connectivity index (χ4v) is 1.02. The van der Waals surface area contributed by atoms with Gasteiger partial charge in [-0.15, -0.1) is 0 Å². The highest BCUT2D eigenvalue weighted by Crippen LogP contribution is 2.11. The summed E-state index contributed by atoms with van der Waals surface area (Å²) in [6, 6.07) is 9.66. The minimum Gasteiger partial charge on any atom is -0.291 e. The van der Waals surface area contributed by atoms with Crippen LogP contribution in [0.3, 0.4) is 0 Å². The molecule has 0 fully saturated rings. The molecule has 3 heteroatoms. The predicted octanol–water partition coefficient (Wildman–Crippen LogP) is 1.08. The van der Waals surface area contributed by atoms with Crippen LogP contribution in [-0.4, -0.2) is 5.91 Å². The first-order chi connectivity index (χ1) is 6.24. The first kappa shape index (κ1) is 9.48. The molecule has 0 unspecified atom stereocenters. The zero-order chi connectivity index (χ0) is 9.68. The lowest BCUT2D eigenvalue weighted by Crippen LogP contribution is -2.28. The van der Waals surface area contributed by atoms with Gasteiger partial charge in [-0.1, -0.05) is 30.3 Å². The van der Waals surface area contributed by atoms with Crippen LogP contribution in [0.15, 0.2) is 36.4 Å². The van der Waals surface area contributed by atoms with Gasteiger partial charge in [-0.2, -0.15) is 0 Å². The average Bonchev–Trinajstić information content (AvgIpc) is 2.19. The molecule has 68 valence electrons. The Balaban J connectivity index is 2.85. The van der Waals surface area contributed by atoms with Gasteiger partial charge in [-0.05, 0) is 18.1 Å². The van der Waals surface area contributed by atoms with Crippen molar-refractivity contribution in [1.82, 2.24) is 5.43 Å². The number of benzene rings is 1. The van der Waals surface area contributed by atoms with Gasteiger partial charge in [-0.25, -0.2) is 5.84 Å². The molecular formula is C10H12N2O. The van der Waals surface area contributed by atoms with Crippen molar-refractivity contribution in [2.75, 3.05) is 0 Å². The van der Waals surface area contributed by atoms with Gasteiger partial charge in [0.15, 0.2) is 0 Å². The zero-order valence-electron chi connectivity index (χ0n) is 7.45. The van der Waals surface area contributed by atoms with Gasteiger partial charge in [0.2, 0.25) is 0 Å². The number of carbonyl (C=O) groups excluding carboxylic acids is 1. The molecule has 0 aliphatic heterocycles. The molecule has 1 amide bonds. The van der Waals surface area contributed by atoms with Crippen LogP contribution < -0.4 is 11.3 Å². The molecule has 0 aliphatic rings. The van der Waals surface area contributed by atoms with Gasteiger partial charge in [-0.3, -0.25) is 10.2 Å². The van der Waals surface area contributed by atoms with Crippen LogP contribution in [0.4, 0.5) is 0 Å². The monoisotopic (exact) mass is 176 g/mol. The summed E-state index contributed by atoms with van der Waals surface area (Å²) in [4.78, 5) is 10.9. The highest BCUT2D eigenvalue weighted by Gasteiger charge is 1.96. The fourth-order valence-electron chi connectivity index (χ4n) is 1.02. The Hall–Kier alpha value is -1.61. The smallest absolute Gasteiger partial charge is 0.258 e. The Kier molecular flexibility index (Phi) is 3.23. The largest absolute Gasteiger partial charge is 0.291 e. The van der Waals surface area contributed by atoms with E-state index in [1.807, 2.05) is 37.3 Å². The van der Waals surface area contributed by atoms with E-state index in [0.29, 0.717) is 0 Å². The number of carbonyl (C=O) groups is 1. The molecule has 0 radical (unpaired) electrons. The van der Waals surface area contributed by atoms with Crippen molar-refractivity contribution in [1.29, 1.82) is 0 Å². The summed E-state index contributed by atoms with van der Waals surface area (Å²) in [5.41, 5.74) is 3.96. The second kappa shape index (κ2) is 4.42. The summed E-state index contributed by atoms with van der Waals surface area (Å²) in [6.45, 7) is 1.87. The summed E-state index contributed by atoms with van der Waals surface area (Å²) in [6.07, 6.45) is 1.47. The van der Waals surface area contributed by atoms with E-state index in [-0.39, 0.29) is 5.91 Å². The van der Waals surface area contributed by atoms with E-state index in [1.54, 1.807) is 0 Å². The maximum Gasteiger partial charge on any atom is 0.258 e. The lowest BCUT2D eigenvalue weighted by Gasteiger charge is -1.99. The average molecular weight is 176 g/mol. The van der Waals surface area contributed by atoms with Gasteiger partial charge >= 0.3 is 0 Å². The van der Waals surface area contributed by atoms with Crippen molar-refractivity contribution in [3.05, 3.63) is 42.0 Å². The SMILES string of the molecule is CC(=CC(=O)NN)c1ccccc1. The second-order valence-electron chi connectivity index (χ2n) is 2.70. The number of hydrogen-bond acceptors (Lipinski definition) is 2. The molecule has 0 bridgehead atoms. The molecule has 0 aromatic heterocycles. The van der Waals surface area contributed by atoms with Crippen molar-refractivity contribution in [2.24, 2.45) is 5.84 Å². The Bertz CT molecular complexity index is 317. The molecule has 0 spiro atoms. The number of nitrogens with one attached hydrogen (secondary N) is 1. The van der Waals surface area contributed by atoms with Crippen molar-refractivity contribution < 1.29 is 4.79 Å². The van der Waals surface area contributed by atoms with E-state index < -0.39 is 0 Å². The summed E-state index contributed by atoms with van der Waals surface area (Å²) in [5.74, 6) is 4.66. The molecule has 1 rings (SSSR count). The fraction of sp³-hybridized carbons (Fsp3) is 0.100. The van der Waals surface area contributed by atoms with E-state index in [4.69, 9.17) is 5.84 Å². The zero-order valence-corrected chi connectivity index (χ0v) is 7.45. The molecule has 0 heterocycles. The summed E-state index contributed by atoms with van der Waals surface area (Å²) in [5, 5.41) is 0. The Morgan fingerprint density at radius 1 is 1.38 bits per heavy atom. The molecule has 3 nitrogen and oxygen atoms in total. The van der Waals surface area contributed by atoms with Gasteiger partial charge in [0.1, 0.15) is 0 Å². The number of amides is 1. The molecule has 1 aromatic carbocycles. The third-order valence-electron chi connectivity index (χ3n) is 1.72. The number of allylic oxidation sites excluding steroid dienone is 1. The third kappa shape index (κ3) is 2.72. The quantitative estimate of drug-likeness (QED) is 0.306. The second-order valence-corrected chi connectivity index (χ2v) is 2.70. The predicted molar refractivity (Wildman–Crippen MR) is 52.4 cm³/mol. The standard InChI is InChI=1S/C10H12N2O/c1-8(7-10(13)12-11)9-5-3-2-4-6-9/h2-7H,11H2,1H3,(H,12,13). The minimum absolute atomic E-state index is 0.290. The highest BCUT2D eigenvalue weighted by molar-refractivity contribution is 5.94. The maximum absolute atomic E-state index is 10.9. The van der Waals surface area contributed by atoms with Crippen LogP contribution >= 0.6 is 0 Å². The maximum atomic E-state index is 10.9. The van der Waals surface area contributed by atoms with Gasteiger partial charge in [0.05, 0.1) is 0 Å². The van der Waals surface area contributed by atoms with E-state index in [0.717, 1.165) is 11.1 Å².